The molecule has 30 heavy (non-hydrogen) atoms. The molecule has 1 aromatic carbocycles. The highest BCUT2D eigenvalue weighted by Crippen LogP contribution is 2.23. The normalized spacial score (nSPS) is 11.3. The van der Waals surface area contributed by atoms with Crippen molar-refractivity contribution in [3.8, 4) is 5.75 Å². The number of hydrogen-bond donors (Lipinski definition) is 0. The zero-order valence-electron chi connectivity index (χ0n) is 16.9. The number of pyridine rings is 1. The van der Waals surface area contributed by atoms with E-state index in [1.165, 1.54) is 0 Å². The van der Waals surface area contributed by atoms with Crippen molar-refractivity contribution in [3.05, 3.63) is 75.4 Å². The highest BCUT2D eigenvalue weighted by atomic mass is 32.1. The van der Waals surface area contributed by atoms with Gasteiger partial charge in [0.2, 0.25) is 0 Å². The molecule has 0 aliphatic rings. The van der Waals surface area contributed by atoms with Gasteiger partial charge in [0, 0.05) is 37.4 Å². The largest absolute Gasteiger partial charge is 0.497 e. The first kappa shape index (κ1) is 19.8. The summed E-state index contributed by atoms with van der Waals surface area (Å²) in [4.78, 5) is 29.5. The van der Waals surface area contributed by atoms with E-state index in [9.17, 15) is 4.79 Å². The molecule has 4 aromatic rings. The average molecular weight is 420 g/mol. The molecule has 7 nitrogen and oxygen atoms in total. The van der Waals surface area contributed by atoms with Crippen LogP contribution in [0.15, 0.2) is 53.6 Å². The van der Waals surface area contributed by atoms with Crippen molar-refractivity contribution in [1.82, 2.24) is 19.5 Å². The van der Waals surface area contributed by atoms with Gasteiger partial charge in [0.05, 0.1) is 30.4 Å². The first-order chi connectivity index (χ1) is 14.5. The van der Waals surface area contributed by atoms with Gasteiger partial charge in [-0.1, -0.05) is 17.4 Å². The summed E-state index contributed by atoms with van der Waals surface area (Å²) in [7, 11) is 5.50. The fraction of sp³-hybridized carbons (Fsp3) is 0.182. The molecule has 152 valence electrons. The number of rotatable bonds is 6. The molecule has 0 unspecified atom stereocenters. The minimum Gasteiger partial charge on any atom is -0.497 e. The van der Waals surface area contributed by atoms with E-state index in [0.29, 0.717) is 23.5 Å². The molecule has 0 saturated heterocycles. The number of thiazole rings is 1. The van der Waals surface area contributed by atoms with Crippen LogP contribution in [-0.4, -0.2) is 40.7 Å². The summed E-state index contributed by atoms with van der Waals surface area (Å²) in [5.41, 5.74) is 2.40. The molecule has 0 atom stereocenters. The number of hydrogen-bond acceptors (Lipinski definition) is 7. The average Bonchev–Trinajstić information content (AvgIpc) is 3.24. The highest BCUT2D eigenvalue weighted by molar-refractivity contribution is 7.16. The zero-order chi connectivity index (χ0) is 21.1. The number of aromatic nitrogens is 4. The number of fused-ring (bicyclic) bond motifs is 1. The predicted octanol–water partition coefficient (Wildman–Crippen LogP) is 3.54. The van der Waals surface area contributed by atoms with E-state index in [-0.39, 0.29) is 5.56 Å². The molecule has 0 spiro atoms. The topological polar surface area (TPSA) is 73.1 Å². The van der Waals surface area contributed by atoms with Crippen LogP contribution in [0.3, 0.4) is 0 Å². The Morgan fingerprint density at radius 3 is 2.73 bits per heavy atom. The van der Waals surface area contributed by atoms with Crippen molar-refractivity contribution < 1.29 is 4.74 Å². The standard InChI is InChI=1S/C22H21N5O2S/c1-26(2)22-24-13-17(30-22)8-9-18-21(28)27(14-15-6-4-5-11-23-15)20-10-7-16(29-3)12-19(20)25-18/h4-13H,14H2,1-3H3/b9-8+. The van der Waals surface area contributed by atoms with Crippen molar-refractivity contribution in [2.24, 2.45) is 0 Å². The first-order valence-corrected chi connectivity index (χ1v) is 10.2. The van der Waals surface area contributed by atoms with Gasteiger partial charge in [-0.15, -0.1) is 0 Å². The molecule has 0 aliphatic carbocycles. The summed E-state index contributed by atoms with van der Waals surface area (Å²) < 4.78 is 7.03. The van der Waals surface area contributed by atoms with Crippen molar-refractivity contribution >= 4 is 39.7 Å². The molecule has 0 saturated carbocycles. The van der Waals surface area contributed by atoms with Crippen LogP contribution in [0.4, 0.5) is 5.13 Å². The van der Waals surface area contributed by atoms with Crippen LogP contribution >= 0.6 is 11.3 Å². The van der Waals surface area contributed by atoms with Crippen molar-refractivity contribution in [1.29, 1.82) is 0 Å². The number of ether oxygens (including phenoxy) is 1. The molecule has 0 fully saturated rings. The van der Waals surface area contributed by atoms with Crippen molar-refractivity contribution in [2.75, 3.05) is 26.1 Å². The van der Waals surface area contributed by atoms with E-state index >= 15 is 0 Å². The summed E-state index contributed by atoms with van der Waals surface area (Å²) in [6.45, 7) is 0.358. The van der Waals surface area contributed by atoms with Gasteiger partial charge in [0.25, 0.3) is 5.56 Å². The van der Waals surface area contributed by atoms with Crippen LogP contribution < -0.4 is 15.2 Å². The van der Waals surface area contributed by atoms with Crippen LogP contribution in [0.5, 0.6) is 5.75 Å². The van der Waals surface area contributed by atoms with Gasteiger partial charge in [-0.2, -0.15) is 0 Å². The minimum atomic E-state index is -0.174. The van der Waals surface area contributed by atoms with E-state index in [1.54, 1.807) is 41.5 Å². The maximum atomic E-state index is 13.2. The Morgan fingerprint density at radius 2 is 2.03 bits per heavy atom. The number of benzene rings is 1. The molecule has 3 heterocycles. The lowest BCUT2D eigenvalue weighted by molar-refractivity contribution is 0.415. The second-order valence-electron chi connectivity index (χ2n) is 6.84. The summed E-state index contributed by atoms with van der Waals surface area (Å²) in [5, 5.41) is 0.901. The molecule has 0 bridgehead atoms. The second kappa shape index (κ2) is 8.46. The summed E-state index contributed by atoms with van der Waals surface area (Å²) in [5.74, 6) is 0.686. The molecule has 3 aromatic heterocycles. The quantitative estimate of drug-likeness (QED) is 0.476. The molecule has 4 rings (SSSR count). The molecule has 0 amide bonds. The lowest BCUT2D eigenvalue weighted by atomic mass is 10.2. The van der Waals surface area contributed by atoms with Gasteiger partial charge in [0.15, 0.2) is 5.13 Å². The predicted molar refractivity (Wildman–Crippen MR) is 121 cm³/mol. The number of methoxy groups -OCH3 is 1. The first-order valence-electron chi connectivity index (χ1n) is 9.35. The lowest BCUT2D eigenvalue weighted by Gasteiger charge is -2.12. The Hall–Kier alpha value is -3.52. The molecule has 0 aliphatic heterocycles. The van der Waals surface area contributed by atoms with Crippen LogP contribution in [0.2, 0.25) is 0 Å². The Kier molecular flexibility index (Phi) is 5.58. The van der Waals surface area contributed by atoms with E-state index in [1.807, 2.05) is 61.5 Å². The van der Waals surface area contributed by atoms with Gasteiger partial charge < -0.3 is 9.64 Å². The van der Waals surface area contributed by atoms with E-state index in [4.69, 9.17) is 4.74 Å². The van der Waals surface area contributed by atoms with E-state index in [2.05, 4.69) is 15.0 Å². The van der Waals surface area contributed by atoms with Gasteiger partial charge in [-0.3, -0.25) is 14.3 Å². The summed E-state index contributed by atoms with van der Waals surface area (Å²) >= 11 is 1.54. The highest BCUT2D eigenvalue weighted by Gasteiger charge is 2.12. The molecule has 0 N–H and O–H groups in total. The summed E-state index contributed by atoms with van der Waals surface area (Å²) in [6, 6.07) is 11.2. The van der Waals surface area contributed by atoms with E-state index < -0.39 is 0 Å². The number of nitrogens with zero attached hydrogens (tertiary/aromatic N) is 5. The molecular weight excluding hydrogens is 398 g/mol. The van der Waals surface area contributed by atoms with Crippen LogP contribution in [0.1, 0.15) is 16.3 Å². The Bertz CT molecular complexity index is 1260. The molecule has 0 radical (unpaired) electrons. The molecule has 8 heteroatoms. The van der Waals surface area contributed by atoms with Crippen LogP contribution in [0.25, 0.3) is 23.2 Å². The van der Waals surface area contributed by atoms with Gasteiger partial charge in [0.1, 0.15) is 11.4 Å². The Labute approximate surface area is 177 Å². The third-order valence-corrected chi connectivity index (χ3v) is 5.65. The monoisotopic (exact) mass is 419 g/mol. The van der Waals surface area contributed by atoms with E-state index in [0.717, 1.165) is 21.2 Å². The SMILES string of the molecule is COc1ccc2c(c1)nc(/C=C/c1cnc(N(C)C)s1)c(=O)n2Cc1ccccn1. The minimum absolute atomic E-state index is 0.174. The maximum Gasteiger partial charge on any atom is 0.277 e. The summed E-state index contributed by atoms with van der Waals surface area (Å²) in [6.07, 6.45) is 7.11. The van der Waals surface area contributed by atoms with Gasteiger partial charge >= 0.3 is 0 Å². The second-order valence-corrected chi connectivity index (χ2v) is 7.88. The van der Waals surface area contributed by atoms with Gasteiger partial charge in [-0.05, 0) is 36.4 Å². The maximum absolute atomic E-state index is 13.2. The Morgan fingerprint density at radius 1 is 1.17 bits per heavy atom. The van der Waals surface area contributed by atoms with Crippen molar-refractivity contribution in [2.45, 2.75) is 6.54 Å². The van der Waals surface area contributed by atoms with Crippen molar-refractivity contribution in [3.63, 3.8) is 0 Å². The lowest BCUT2D eigenvalue weighted by Crippen LogP contribution is -2.25. The fourth-order valence-corrected chi connectivity index (χ4v) is 3.75. The fourth-order valence-electron chi connectivity index (χ4n) is 3.01. The van der Waals surface area contributed by atoms with Crippen LogP contribution in [-0.2, 0) is 6.54 Å². The number of anilines is 1. The third kappa shape index (κ3) is 4.08. The van der Waals surface area contributed by atoms with Crippen LogP contribution in [0, 0.1) is 0 Å². The third-order valence-electron chi connectivity index (χ3n) is 4.52. The smallest absolute Gasteiger partial charge is 0.277 e. The zero-order valence-corrected chi connectivity index (χ0v) is 17.8. The van der Waals surface area contributed by atoms with Gasteiger partial charge in [-0.25, -0.2) is 9.97 Å². The Balaban J connectivity index is 1.81. The molecular formula is C22H21N5O2S.